The number of benzene rings is 3. The Bertz CT molecular complexity index is 1200. The van der Waals surface area contributed by atoms with E-state index in [1.165, 1.54) is 12.1 Å². The summed E-state index contributed by atoms with van der Waals surface area (Å²) in [6.07, 6.45) is 0.860. The smallest absolute Gasteiger partial charge is 0.210 e. The number of ether oxygens (including phenoxy) is 1. The molecular weight excluding hydrogens is 369 g/mol. The van der Waals surface area contributed by atoms with Crippen molar-refractivity contribution in [2.45, 2.75) is 6.54 Å². The van der Waals surface area contributed by atoms with E-state index in [9.17, 15) is 9.18 Å². The molecule has 29 heavy (non-hydrogen) atoms. The molecule has 0 aliphatic carbocycles. The number of hydrogen-bond donors (Lipinski definition) is 1. The van der Waals surface area contributed by atoms with Crippen LogP contribution in [0.1, 0.15) is 5.56 Å². The number of fused-ring (bicyclic) bond motifs is 2. The van der Waals surface area contributed by atoms with Crippen molar-refractivity contribution in [1.82, 2.24) is 14.9 Å². The van der Waals surface area contributed by atoms with Crippen LogP contribution in [0.25, 0.3) is 33.5 Å². The van der Waals surface area contributed by atoms with Gasteiger partial charge in [-0.05, 0) is 41.5 Å². The van der Waals surface area contributed by atoms with Crippen LogP contribution >= 0.6 is 0 Å². The molecule has 0 saturated carbocycles. The van der Waals surface area contributed by atoms with Crippen LogP contribution in [-0.4, -0.2) is 34.4 Å². The van der Waals surface area contributed by atoms with Crippen molar-refractivity contribution in [3.05, 3.63) is 72.0 Å². The molecule has 1 aromatic heterocycles. The Morgan fingerprint density at radius 3 is 2.62 bits per heavy atom. The van der Waals surface area contributed by atoms with Crippen molar-refractivity contribution >= 4 is 17.4 Å². The summed E-state index contributed by atoms with van der Waals surface area (Å²) < 4.78 is 19.1. The molecule has 1 amide bonds. The minimum atomic E-state index is -0.289. The summed E-state index contributed by atoms with van der Waals surface area (Å²) in [6, 6.07) is 18.6. The zero-order valence-corrected chi connectivity index (χ0v) is 15.6. The van der Waals surface area contributed by atoms with Crippen molar-refractivity contribution in [2.75, 3.05) is 13.2 Å². The maximum absolute atomic E-state index is 13.4. The fraction of sp³-hybridized carbons (Fsp3) is 0.130. The Kier molecular flexibility index (Phi) is 4.24. The Morgan fingerprint density at radius 2 is 1.79 bits per heavy atom. The lowest BCUT2D eigenvalue weighted by Crippen LogP contribution is -2.23. The van der Waals surface area contributed by atoms with Crippen LogP contribution in [0, 0.1) is 5.82 Å². The standard InChI is InChI=1S/C23H18FN3O2/c24-19-6-7-20-21(12-19)26-23(25-20)16-3-1-15(2-4-16)17-5-8-22-18(11-17)13-27(14-28)9-10-29-22/h1-8,11-12,14H,9-10,13H2,(H,25,26). The summed E-state index contributed by atoms with van der Waals surface area (Å²) in [7, 11) is 0. The molecule has 4 aromatic rings. The summed E-state index contributed by atoms with van der Waals surface area (Å²) in [4.78, 5) is 20.6. The molecule has 144 valence electrons. The first-order valence-electron chi connectivity index (χ1n) is 9.41. The number of halogens is 1. The molecule has 0 fully saturated rings. The van der Waals surface area contributed by atoms with Gasteiger partial charge in [-0.3, -0.25) is 4.79 Å². The number of amides is 1. The van der Waals surface area contributed by atoms with Gasteiger partial charge in [0.15, 0.2) is 0 Å². The van der Waals surface area contributed by atoms with Crippen LogP contribution in [0.4, 0.5) is 4.39 Å². The SMILES string of the molecule is O=CN1CCOc2ccc(-c3ccc(-c4nc5ccc(F)cc5[nH]4)cc3)cc2C1. The summed E-state index contributed by atoms with van der Waals surface area (Å²) in [5, 5.41) is 0. The normalized spacial score (nSPS) is 13.6. The van der Waals surface area contributed by atoms with E-state index in [1.54, 1.807) is 11.0 Å². The van der Waals surface area contributed by atoms with E-state index >= 15 is 0 Å². The molecule has 5 nitrogen and oxygen atoms in total. The van der Waals surface area contributed by atoms with Crippen molar-refractivity contribution in [1.29, 1.82) is 0 Å². The van der Waals surface area contributed by atoms with Crippen LogP contribution in [-0.2, 0) is 11.3 Å². The van der Waals surface area contributed by atoms with Gasteiger partial charge in [0, 0.05) is 17.7 Å². The highest BCUT2D eigenvalue weighted by Gasteiger charge is 2.15. The third-order valence-electron chi connectivity index (χ3n) is 5.15. The predicted molar refractivity (Wildman–Crippen MR) is 109 cm³/mol. The van der Waals surface area contributed by atoms with E-state index in [2.05, 4.69) is 16.0 Å². The molecule has 1 N–H and O–H groups in total. The third-order valence-corrected chi connectivity index (χ3v) is 5.15. The van der Waals surface area contributed by atoms with E-state index < -0.39 is 0 Å². The van der Waals surface area contributed by atoms with E-state index in [0.29, 0.717) is 31.0 Å². The molecule has 6 heteroatoms. The molecule has 0 radical (unpaired) electrons. The number of carbonyl (C=O) groups is 1. The molecule has 1 aliphatic heterocycles. The number of rotatable bonds is 3. The topological polar surface area (TPSA) is 58.2 Å². The second kappa shape index (κ2) is 7.05. The van der Waals surface area contributed by atoms with Gasteiger partial charge in [0.05, 0.1) is 17.6 Å². The molecule has 1 aliphatic rings. The lowest BCUT2D eigenvalue weighted by molar-refractivity contribution is -0.118. The van der Waals surface area contributed by atoms with Gasteiger partial charge in [-0.2, -0.15) is 0 Å². The average molecular weight is 387 g/mol. The van der Waals surface area contributed by atoms with E-state index in [1.807, 2.05) is 36.4 Å². The number of nitrogens with one attached hydrogen (secondary N) is 1. The van der Waals surface area contributed by atoms with Gasteiger partial charge in [0.25, 0.3) is 0 Å². The third kappa shape index (κ3) is 3.33. The van der Waals surface area contributed by atoms with Crippen LogP contribution in [0.5, 0.6) is 5.75 Å². The predicted octanol–water partition coefficient (Wildman–Crippen LogP) is 4.39. The van der Waals surface area contributed by atoms with Crippen LogP contribution in [0.2, 0.25) is 0 Å². The molecular formula is C23H18FN3O2. The maximum Gasteiger partial charge on any atom is 0.210 e. The summed E-state index contributed by atoms with van der Waals surface area (Å²) >= 11 is 0. The van der Waals surface area contributed by atoms with E-state index in [0.717, 1.165) is 39.9 Å². The average Bonchev–Trinajstić information content (AvgIpc) is 3.05. The summed E-state index contributed by atoms with van der Waals surface area (Å²) in [5.41, 5.74) is 5.44. The molecule has 5 rings (SSSR count). The highest BCUT2D eigenvalue weighted by molar-refractivity contribution is 5.80. The lowest BCUT2D eigenvalue weighted by Gasteiger charge is -2.13. The molecule has 3 aromatic carbocycles. The highest BCUT2D eigenvalue weighted by atomic mass is 19.1. The van der Waals surface area contributed by atoms with E-state index in [-0.39, 0.29) is 5.82 Å². The second-order valence-electron chi connectivity index (χ2n) is 7.07. The first-order chi connectivity index (χ1) is 14.2. The molecule has 0 unspecified atom stereocenters. The summed E-state index contributed by atoms with van der Waals surface area (Å²) in [6.45, 7) is 1.63. The zero-order valence-electron chi connectivity index (χ0n) is 15.6. The quantitative estimate of drug-likeness (QED) is 0.531. The number of hydrogen-bond acceptors (Lipinski definition) is 3. The molecule has 0 atom stereocenters. The van der Waals surface area contributed by atoms with Crippen molar-refractivity contribution in [3.8, 4) is 28.3 Å². The van der Waals surface area contributed by atoms with Crippen LogP contribution in [0.15, 0.2) is 60.7 Å². The first-order valence-corrected chi connectivity index (χ1v) is 9.41. The van der Waals surface area contributed by atoms with Crippen molar-refractivity contribution in [3.63, 3.8) is 0 Å². The monoisotopic (exact) mass is 387 g/mol. The van der Waals surface area contributed by atoms with Crippen molar-refractivity contribution in [2.24, 2.45) is 0 Å². The Labute approximate surface area is 166 Å². The Morgan fingerprint density at radius 1 is 1.00 bits per heavy atom. The molecule has 0 spiro atoms. The number of carbonyl (C=O) groups excluding carboxylic acids is 1. The minimum absolute atomic E-state index is 0.289. The van der Waals surface area contributed by atoms with Gasteiger partial charge in [-0.15, -0.1) is 0 Å². The van der Waals surface area contributed by atoms with Gasteiger partial charge >= 0.3 is 0 Å². The number of H-pyrrole nitrogens is 1. The molecule has 0 saturated heterocycles. The number of nitrogens with zero attached hydrogens (tertiary/aromatic N) is 2. The van der Waals surface area contributed by atoms with Gasteiger partial charge in [0.1, 0.15) is 24.0 Å². The second-order valence-corrected chi connectivity index (χ2v) is 7.07. The Hall–Kier alpha value is -3.67. The highest BCUT2D eigenvalue weighted by Crippen LogP contribution is 2.30. The fourth-order valence-corrected chi connectivity index (χ4v) is 3.62. The minimum Gasteiger partial charge on any atom is -0.491 e. The molecule has 0 bridgehead atoms. The summed E-state index contributed by atoms with van der Waals surface area (Å²) in [5.74, 6) is 1.24. The van der Waals surface area contributed by atoms with E-state index in [4.69, 9.17) is 4.74 Å². The first kappa shape index (κ1) is 17.4. The van der Waals surface area contributed by atoms with Crippen molar-refractivity contribution < 1.29 is 13.9 Å². The number of aromatic amines is 1. The Balaban J connectivity index is 1.45. The van der Waals surface area contributed by atoms with Gasteiger partial charge in [0.2, 0.25) is 6.41 Å². The maximum atomic E-state index is 13.4. The largest absolute Gasteiger partial charge is 0.491 e. The van der Waals surface area contributed by atoms with Crippen LogP contribution in [0.3, 0.4) is 0 Å². The fourth-order valence-electron chi connectivity index (χ4n) is 3.62. The molecule has 2 heterocycles. The van der Waals surface area contributed by atoms with Gasteiger partial charge in [-0.25, -0.2) is 9.37 Å². The number of aromatic nitrogens is 2. The van der Waals surface area contributed by atoms with Gasteiger partial charge < -0.3 is 14.6 Å². The van der Waals surface area contributed by atoms with Crippen LogP contribution < -0.4 is 4.74 Å². The number of imidazole rings is 1. The lowest BCUT2D eigenvalue weighted by atomic mass is 10.0. The van der Waals surface area contributed by atoms with Gasteiger partial charge in [-0.1, -0.05) is 30.3 Å². The zero-order chi connectivity index (χ0) is 19.8.